The summed E-state index contributed by atoms with van der Waals surface area (Å²) in [5, 5.41) is 7.38. The number of aromatic nitrogens is 1. The summed E-state index contributed by atoms with van der Waals surface area (Å²) in [6, 6.07) is 9.79. The molecule has 1 aliphatic heterocycles. The zero-order chi connectivity index (χ0) is 13.1. The summed E-state index contributed by atoms with van der Waals surface area (Å²) in [7, 11) is 0. The number of hydrogen-bond acceptors (Lipinski definition) is 3. The summed E-state index contributed by atoms with van der Waals surface area (Å²) in [4.78, 5) is 16.7. The van der Waals surface area contributed by atoms with Crippen LogP contribution in [0.2, 0.25) is 0 Å². The second kappa shape index (κ2) is 8.17. The summed E-state index contributed by atoms with van der Waals surface area (Å²) < 4.78 is 0. The highest BCUT2D eigenvalue weighted by Gasteiger charge is 2.17. The number of fused-ring (bicyclic) bond motifs is 1. The number of piperidine rings is 1. The molecule has 0 radical (unpaired) electrons. The lowest BCUT2D eigenvalue weighted by Gasteiger charge is -2.23. The Labute approximate surface area is 136 Å². The fourth-order valence-corrected chi connectivity index (χ4v) is 2.53. The second-order valence-electron chi connectivity index (χ2n) is 4.90. The molecule has 1 saturated heterocycles. The number of rotatable bonds is 2. The van der Waals surface area contributed by atoms with Crippen molar-refractivity contribution in [1.29, 1.82) is 0 Å². The van der Waals surface area contributed by atoms with Gasteiger partial charge in [0.15, 0.2) is 0 Å². The van der Waals surface area contributed by atoms with Crippen LogP contribution >= 0.6 is 24.8 Å². The van der Waals surface area contributed by atoms with Crippen molar-refractivity contribution in [3.63, 3.8) is 0 Å². The van der Waals surface area contributed by atoms with Crippen LogP contribution < -0.4 is 10.6 Å². The van der Waals surface area contributed by atoms with Crippen molar-refractivity contribution < 1.29 is 4.79 Å². The molecule has 1 amide bonds. The fraction of sp³-hybridized carbons (Fsp3) is 0.333. The zero-order valence-corrected chi connectivity index (χ0v) is 13.2. The molecule has 2 N–H and O–H groups in total. The number of carbonyl (C=O) groups excluding carboxylic acids is 1. The van der Waals surface area contributed by atoms with E-state index in [1.807, 2.05) is 30.3 Å². The summed E-state index contributed by atoms with van der Waals surface area (Å²) >= 11 is 0. The molecule has 0 unspecified atom stereocenters. The van der Waals surface area contributed by atoms with Crippen LogP contribution in [0.15, 0.2) is 36.5 Å². The first-order valence-corrected chi connectivity index (χ1v) is 6.70. The number of halogens is 2. The normalized spacial score (nSPS) is 17.4. The molecule has 1 aromatic heterocycles. The number of hydrogen-bond donors (Lipinski definition) is 2. The van der Waals surface area contributed by atoms with Gasteiger partial charge >= 0.3 is 0 Å². The Morgan fingerprint density at radius 1 is 1.24 bits per heavy atom. The predicted octanol–water partition coefficient (Wildman–Crippen LogP) is 2.56. The first kappa shape index (κ1) is 17.7. The highest BCUT2D eigenvalue weighted by atomic mass is 35.5. The van der Waals surface area contributed by atoms with E-state index in [1.165, 1.54) is 0 Å². The standard InChI is InChI=1S/C15H17N3O.2ClH/c19-15(18-12-6-3-8-16-10-12)13-7-1-4-11-5-2-9-17-14(11)13;;/h1-2,4-5,7,9,12,16H,3,6,8,10H2,(H,18,19);2*1H/t12-;;/m0../s1. The van der Waals surface area contributed by atoms with E-state index < -0.39 is 0 Å². The van der Waals surface area contributed by atoms with Crippen LogP contribution in [-0.4, -0.2) is 30.0 Å². The fourth-order valence-electron chi connectivity index (χ4n) is 2.53. The Kier molecular flexibility index (Phi) is 6.89. The molecule has 6 heteroatoms. The van der Waals surface area contributed by atoms with E-state index >= 15 is 0 Å². The van der Waals surface area contributed by atoms with Crippen LogP contribution in [0.4, 0.5) is 0 Å². The molecule has 3 rings (SSSR count). The second-order valence-corrected chi connectivity index (χ2v) is 4.90. The molecule has 114 valence electrons. The van der Waals surface area contributed by atoms with Gasteiger partial charge in [0.25, 0.3) is 5.91 Å². The molecular formula is C15H19Cl2N3O. The molecule has 21 heavy (non-hydrogen) atoms. The molecule has 0 saturated carbocycles. The van der Waals surface area contributed by atoms with Crippen molar-refractivity contribution in [2.24, 2.45) is 0 Å². The van der Waals surface area contributed by atoms with Crippen LogP contribution in [-0.2, 0) is 0 Å². The van der Waals surface area contributed by atoms with E-state index in [1.54, 1.807) is 6.20 Å². The third kappa shape index (κ3) is 4.06. The largest absolute Gasteiger partial charge is 0.348 e. The van der Waals surface area contributed by atoms with Crippen molar-refractivity contribution in [1.82, 2.24) is 15.6 Å². The van der Waals surface area contributed by atoms with Crippen molar-refractivity contribution in [2.75, 3.05) is 13.1 Å². The van der Waals surface area contributed by atoms with Crippen molar-refractivity contribution in [2.45, 2.75) is 18.9 Å². The minimum absolute atomic E-state index is 0. The van der Waals surface area contributed by atoms with Crippen LogP contribution in [0.5, 0.6) is 0 Å². The molecule has 1 aliphatic rings. The number of benzene rings is 1. The molecule has 0 spiro atoms. The smallest absolute Gasteiger partial charge is 0.253 e. The van der Waals surface area contributed by atoms with Gasteiger partial charge in [-0.1, -0.05) is 18.2 Å². The van der Waals surface area contributed by atoms with E-state index in [-0.39, 0.29) is 36.8 Å². The first-order chi connectivity index (χ1) is 9.34. The number of carbonyl (C=O) groups is 1. The SMILES string of the molecule is Cl.Cl.O=C(N[C@H]1CCCNC1)c1cccc2cccnc12. The Bertz CT molecular complexity index is 595. The Balaban J connectivity index is 0.00000110. The number of para-hydroxylation sites is 1. The molecule has 4 nitrogen and oxygen atoms in total. The van der Waals surface area contributed by atoms with Gasteiger partial charge in [0, 0.05) is 24.2 Å². The first-order valence-electron chi connectivity index (χ1n) is 6.70. The predicted molar refractivity (Wildman–Crippen MR) is 89.6 cm³/mol. The maximum atomic E-state index is 12.3. The van der Waals surface area contributed by atoms with Gasteiger partial charge in [-0.3, -0.25) is 9.78 Å². The number of amides is 1. The highest BCUT2D eigenvalue weighted by molar-refractivity contribution is 6.05. The molecule has 1 atom stereocenters. The third-order valence-electron chi connectivity index (χ3n) is 3.51. The molecule has 2 aromatic rings. The van der Waals surface area contributed by atoms with Gasteiger partial charge in [0.1, 0.15) is 0 Å². The van der Waals surface area contributed by atoms with Gasteiger partial charge in [0.05, 0.1) is 11.1 Å². The van der Waals surface area contributed by atoms with Crippen LogP contribution in [0.1, 0.15) is 23.2 Å². The van der Waals surface area contributed by atoms with Crippen molar-refractivity contribution in [3.05, 3.63) is 42.1 Å². The maximum Gasteiger partial charge on any atom is 0.253 e. The van der Waals surface area contributed by atoms with Crippen LogP contribution in [0, 0.1) is 0 Å². The number of pyridine rings is 1. The van der Waals surface area contributed by atoms with Gasteiger partial charge in [0.2, 0.25) is 0 Å². The molecule has 0 bridgehead atoms. The lowest BCUT2D eigenvalue weighted by molar-refractivity contribution is 0.0932. The average Bonchev–Trinajstić information content (AvgIpc) is 2.47. The zero-order valence-electron chi connectivity index (χ0n) is 11.5. The average molecular weight is 328 g/mol. The summed E-state index contributed by atoms with van der Waals surface area (Å²) in [5.41, 5.74) is 1.43. The van der Waals surface area contributed by atoms with Gasteiger partial charge < -0.3 is 10.6 Å². The number of nitrogens with one attached hydrogen (secondary N) is 2. The maximum absolute atomic E-state index is 12.3. The molecule has 0 aliphatic carbocycles. The van der Waals surface area contributed by atoms with Gasteiger partial charge in [-0.25, -0.2) is 0 Å². The van der Waals surface area contributed by atoms with E-state index in [0.29, 0.717) is 5.56 Å². The molecule has 1 aromatic carbocycles. The van der Waals surface area contributed by atoms with E-state index in [0.717, 1.165) is 36.8 Å². The topological polar surface area (TPSA) is 54.0 Å². The monoisotopic (exact) mass is 327 g/mol. The lowest BCUT2D eigenvalue weighted by Crippen LogP contribution is -2.45. The number of nitrogens with zero attached hydrogens (tertiary/aromatic N) is 1. The quantitative estimate of drug-likeness (QED) is 0.891. The van der Waals surface area contributed by atoms with E-state index in [9.17, 15) is 4.79 Å². The van der Waals surface area contributed by atoms with Crippen LogP contribution in [0.3, 0.4) is 0 Å². The highest BCUT2D eigenvalue weighted by Crippen LogP contribution is 2.16. The Morgan fingerprint density at radius 2 is 2.05 bits per heavy atom. The molecule has 1 fully saturated rings. The van der Waals surface area contributed by atoms with Crippen molar-refractivity contribution in [3.8, 4) is 0 Å². The minimum atomic E-state index is -0.0296. The summed E-state index contributed by atoms with van der Waals surface area (Å²) in [6.45, 7) is 1.89. The third-order valence-corrected chi connectivity index (χ3v) is 3.51. The van der Waals surface area contributed by atoms with Gasteiger partial charge in [-0.2, -0.15) is 0 Å². The molecule has 2 heterocycles. The van der Waals surface area contributed by atoms with Crippen LogP contribution in [0.25, 0.3) is 10.9 Å². The lowest BCUT2D eigenvalue weighted by atomic mass is 10.1. The Hall–Kier alpha value is -1.36. The van der Waals surface area contributed by atoms with Gasteiger partial charge in [-0.05, 0) is 31.5 Å². The Morgan fingerprint density at radius 3 is 2.81 bits per heavy atom. The summed E-state index contributed by atoms with van der Waals surface area (Å²) in [6.07, 6.45) is 3.87. The molecular weight excluding hydrogens is 309 g/mol. The van der Waals surface area contributed by atoms with E-state index in [4.69, 9.17) is 0 Å². The van der Waals surface area contributed by atoms with Crippen molar-refractivity contribution >= 4 is 41.6 Å². The van der Waals surface area contributed by atoms with E-state index in [2.05, 4.69) is 15.6 Å². The minimum Gasteiger partial charge on any atom is -0.348 e. The van der Waals surface area contributed by atoms with Gasteiger partial charge in [-0.15, -0.1) is 24.8 Å². The summed E-state index contributed by atoms with van der Waals surface area (Å²) in [5.74, 6) is -0.0296.